The van der Waals surface area contributed by atoms with Gasteiger partial charge in [-0.05, 0) is 30.3 Å². The smallest absolute Gasteiger partial charge is 0.263 e. The Bertz CT molecular complexity index is 901. The van der Waals surface area contributed by atoms with Crippen LogP contribution in [0.3, 0.4) is 0 Å². The summed E-state index contributed by atoms with van der Waals surface area (Å²) < 4.78 is 32.2. The molecule has 0 spiro atoms. The zero-order valence-electron chi connectivity index (χ0n) is 11.1. The number of sulfonamides is 1. The maximum Gasteiger partial charge on any atom is 0.263 e. The molecule has 0 atom stereocenters. The summed E-state index contributed by atoms with van der Waals surface area (Å²) in [5, 5.41) is 0. The van der Waals surface area contributed by atoms with Crippen molar-refractivity contribution in [1.29, 1.82) is 0 Å². The van der Waals surface area contributed by atoms with E-state index in [1.807, 2.05) is 0 Å². The molecule has 0 saturated carbocycles. The summed E-state index contributed by atoms with van der Waals surface area (Å²) in [4.78, 5) is 7.96. The molecule has 0 fully saturated rings. The van der Waals surface area contributed by atoms with E-state index in [0.29, 0.717) is 22.7 Å². The number of hydrogen-bond donors (Lipinski definition) is 2. The fourth-order valence-corrected chi connectivity index (χ4v) is 2.86. The van der Waals surface area contributed by atoms with E-state index in [2.05, 4.69) is 14.7 Å². The molecule has 0 unspecified atom stereocenters. The monoisotopic (exact) mass is 304 g/mol. The second-order valence-electron chi connectivity index (χ2n) is 4.44. The number of hydrogen-bond acceptors (Lipinski definition) is 6. The number of nitrogens with one attached hydrogen (secondary N) is 1. The highest BCUT2D eigenvalue weighted by molar-refractivity contribution is 7.92. The first-order valence-electron chi connectivity index (χ1n) is 6.05. The van der Waals surface area contributed by atoms with E-state index >= 15 is 0 Å². The molecule has 0 radical (unpaired) electrons. The van der Waals surface area contributed by atoms with Gasteiger partial charge in [0.15, 0.2) is 11.5 Å². The molecular formula is C13H12N4O3S. The Balaban J connectivity index is 1.94. The number of nitrogens with zero attached hydrogens (tertiary/aromatic N) is 2. The third-order valence-electron chi connectivity index (χ3n) is 2.82. The van der Waals surface area contributed by atoms with Crippen LogP contribution in [-0.4, -0.2) is 18.4 Å². The highest BCUT2D eigenvalue weighted by Gasteiger charge is 2.15. The number of aromatic nitrogens is 2. The summed E-state index contributed by atoms with van der Waals surface area (Å²) in [6.07, 6.45) is 1.20. The molecule has 0 aliphatic rings. The Labute approximate surface area is 120 Å². The van der Waals surface area contributed by atoms with Crippen molar-refractivity contribution >= 4 is 32.6 Å². The molecule has 3 aromatic rings. The lowest BCUT2D eigenvalue weighted by molar-refractivity contribution is 0.561. The minimum Gasteiger partial charge on any atom is -0.441 e. The quantitative estimate of drug-likeness (QED) is 0.764. The Hall–Kier alpha value is -2.61. The summed E-state index contributed by atoms with van der Waals surface area (Å²) in [5.41, 5.74) is 7.03. The molecule has 2 aromatic heterocycles. The average molecular weight is 304 g/mol. The first kappa shape index (κ1) is 13.4. The average Bonchev–Trinajstić information content (AvgIpc) is 2.78. The molecule has 0 bridgehead atoms. The summed E-state index contributed by atoms with van der Waals surface area (Å²) in [6, 6.07) is 7.69. The van der Waals surface area contributed by atoms with Crippen LogP contribution in [0.2, 0.25) is 0 Å². The Morgan fingerprint density at radius 2 is 2.05 bits per heavy atom. The SMILES string of the molecule is Cc1nc2cc(NS(=O)(=O)c3ccc(N)nc3)ccc2o1. The summed E-state index contributed by atoms with van der Waals surface area (Å²) in [6.45, 7) is 1.73. The van der Waals surface area contributed by atoms with Crippen LogP contribution >= 0.6 is 0 Å². The number of aryl methyl sites for hydroxylation is 1. The molecule has 2 heterocycles. The molecule has 108 valence electrons. The van der Waals surface area contributed by atoms with Crippen LogP contribution in [-0.2, 0) is 10.0 Å². The maximum absolute atomic E-state index is 12.2. The summed E-state index contributed by atoms with van der Waals surface area (Å²) >= 11 is 0. The largest absolute Gasteiger partial charge is 0.441 e. The molecular weight excluding hydrogens is 292 g/mol. The molecule has 3 rings (SSSR count). The number of benzene rings is 1. The third-order valence-corrected chi connectivity index (χ3v) is 4.18. The fraction of sp³-hybridized carbons (Fsp3) is 0.0769. The minimum absolute atomic E-state index is 0.0353. The van der Waals surface area contributed by atoms with E-state index in [4.69, 9.17) is 10.2 Å². The van der Waals surface area contributed by atoms with Gasteiger partial charge >= 0.3 is 0 Å². The normalized spacial score (nSPS) is 11.7. The Morgan fingerprint density at radius 3 is 2.76 bits per heavy atom. The van der Waals surface area contributed by atoms with Gasteiger partial charge < -0.3 is 10.2 Å². The zero-order valence-corrected chi connectivity index (χ0v) is 11.9. The van der Waals surface area contributed by atoms with Gasteiger partial charge in [0.05, 0.1) is 5.69 Å². The number of nitrogens with two attached hydrogens (primary N) is 1. The number of nitrogen functional groups attached to an aromatic ring is 1. The van der Waals surface area contributed by atoms with Crippen LogP contribution in [0.15, 0.2) is 45.8 Å². The highest BCUT2D eigenvalue weighted by atomic mass is 32.2. The van der Waals surface area contributed by atoms with Crippen molar-refractivity contribution in [3.8, 4) is 0 Å². The predicted octanol–water partition coefficient (Wildman–Crippen LogP) is 1.91. The van der Waals surface area contributed by atoms with E-state index in [1.54, 1.807) is 25.1 Å². The van der Waals surface area contributed by atoms with E-state index in [0.717, 1.165) is 0 Å². The number of anilines is 2. The van der Waals surface area contributed by atoms with Gasteiger partial charge in [-0.2, -0.15) is 0 Å². The number of pyridine rings is 1. The fourth-order valence-electron chi connectivity index (χ4n) is 1.87. The molecule has 21 heavy (non-hydrogen) atoms. The van der Waals surface area contributed by atoms with Crippen LogP contribution in [0.1, 0.15) is 5.89 Å². The van der Waals surface area contributed by atoms with Crippen molar-refractivity contribution < 1.29 is 12.8 Å². The third kappa shape index (κ3) is 2.65. The number of fused-ring (bicyclic) bond motifs is 1. The first-order chi connectivity index (χ1) is 9.94. The number of oxazole rings is 1. The van der Waals surface area contributed by atoms with Crippen molar-refractivity contribution in [3.05, 3.63) is 42.4 Å². The number of rotatable bonds is 3. The van der Waals surface area contributed by atoms with Crippen LogP contribution in [0.25, 0.3) is 11.1 Å². The van der Waals surface area contributed by atoms with Gasteiger partial charge in [0.2, 0.25) is 0 Å². The van der Waals surface area contributed by atoms with Gasteiger partial charge in [0.25, 0.3) is 10.0 Å². The molecule has 0 amide bonds. The van der Waals surface area contributed by atoms with E-state index < -0.39 is 10.0 Å². The lowest BCUT2D eigenvalue weighted by Gasteiger charge is -2.07. The summed E-state index contributed by atoms with van der Waals surface area (Å²) in [5.74, 6) is 0.779. The topological polar surface area (TPSA) is 111 Å². The molecule has 0 saturated heterocycles. The van der Waals surface area contributed by atoms with E-state index in [1.165, 1.54) is 18.3 Å². The van der Waals surface area contributed by atoms with Crippen LogP contribution in [0.4, 0.5) is 11.5 Å². The van der Waals surface area contributed by atoms with Gasteiger partial charge in [-0.3, -0.25) is 4.72 Å². The van der Waals surface area contributed by atoms with Crippen molar-refractivity contribution in [2.45, 2.75) is 11.8 Å². The minimum atomic E-state index is -3.72. The zero-order chi connectivity index (χ0) is 15.0. The standard InChI is InChI=1S/C13H12N4O3S/c1-8-16-11-6-9(2-4-12(11)20-8)17-21(18,19)10-3-5-13(14)15-7-10/h2-7,17H,1H3,(H2,14,15). The van der Waals surface area contributed by atoms with Gasteiger partial charge in [-0.25, -0.2) is 18.4 Å². The molecule has 0 aliphatic heterocycles. The van der Waals surface area contributed by atoms with E-state index in [-0.39, 0.29) is 10.7 Å². The second-order valence-corrected chi connectivity index (χ2v) is 6.12. The van der Waals surface area contributed by atoms with Crippen LogP contribution in [0, 0.1) is 6.92 Å². The van der Waals surface area contributed by atoms with Gasteiger partial charge in [0, 0.05) is 13.1 Å². The van der Waals surface area contributed by atoms with E-state index in [9.17, 15) is 8.42 Å². The lowest BCUT2D eigenvalue weighted by atomic mass is 10.3. The van der Waals surface area contributed by atoms with Gasteiger partial charge in [-0.15, -0.1) is 0 Å². The molecule has 0 aliphatic carbocycles. The predicted molar refractivity (Wildman–Crippen MR) is 78.2 cm³/mol. The molecule has 1 aromatic carbocycles. The Kier molecular flexibility index (Phi) is 3.02. The van der Waals surface area contributed by atoms with Crippen molar-refractivity contribution in [1.82, 2.24) is 9.97 Å². The van der Waals surface area contributed by atoms with Crippen LogP contribution < -0.4 is 10.5 Å². The first-order valence-corrected chi connectivity index (χ1v) is 7.54. The van der Waals surface area contributed by atoms with Crippen LogP contribution in [0.5, 0.6) is 0 Å². The second kappa shape index (κ2) is 4.74. The molecule has 8 heteroatoms. The van der Waals surface area contributed by atoms with Gasteiger partial charge in [-0.1, -0.05) is 0 Å². The van der Waals surface area contributed by atoms with Crippen molar-refractivity contribution in [2.75, 3.05) is 10.5 Å². The van der Waals surface area contributed by atoms with Crippen molar-refractivity contribution in [3.63, 3.8) is 0 Å². The van der Waals surface area contributed by atoms with Crippen molar-refractivity contribution in [2.24, 2.45) is 0 Å². The lowest BCUT2D eigenvalue weighted by Crippen LogP contribution is -2.13. The maximum atomic E-state index is 12.2. The summed E-state index contributed by atoms with van der Waals surface area (Å²) in [7, 11) is -3.72. The van der Waals surface area contributed by atoms with Gasteiger partial charge in [0.1, 0.15) is 16.2 Å². The molecule has 3 N–H and O–H groups in total. The molecule has 7 nitrogen and oxygen atoms in total. The Morgan fingerprint density at radius 1 is 1.24 bits per heavy atom. The highest BCUT2D eigenvalue weighted by Crippen LogP contribution is 2.22.